The van der Waals surface area contributed by atoms with E-state index < -0.39 is 33.4 Å². The molecule has 10 nitrogen and oxygen atoms in total. The molecule has 0 saturated carbocycles. The summed E-state index contributed by atoms with van der Waals surface area (Å²) in [6, 6.07) is 5.38. The van der Waals surface area contributed by atoms with Crippen LogP contribution in [-0.2, 0) is 14.8 Å². The summed E-state index contributed by atoms with van der Waals surface area (Å²) >= 11 is 0. The highest BCUT2D eigenvalue weighted by molar-refractivity contribution is 7.89. The summed E-state index contributed by atoms with van der Waals surface area (Å²) in [5.41, 5.74) is -0.293. The number of hydrogen-bond donors (Lipinski definition) is 1. The van der Waals surface area contributed by atoms with Gasteiger partial charge in [-0.1, -0.05) is 6.07 Å². The highest BCUT2D eigenvalue weighted by Crippen LogP contribution is 2.36. The van der Waals surface area contributed by atoms with Gasteiger partial charge in [0.25, 0.3) is 10.0 Å². The van der Waals surface area contributed by atoms with Gasteiger partial charge in [-0.15, -0.1) is 0 Å². The third-order valence-corrected chi connectivity index (χ3v) is 5.40. The van der Waals surface area contributed by atoms with Crippen LogP contribution in [0.5, 0.6) is 5.75 Å². The Hall–Kier alpha value is -3.21. The number of fused-ring (bicyclic) bond motifs is 1. The highest BCUT2D eigenvalue weighted by Gasteiger charge is 2.37. The molecule has 1 N–H and O–H groups in total. The van der Waals surface area contributed by atoms with Gasteiger partial charge in [0, 0.05) is 0 Å². The number of benzene rings is 2. The molecule has 25 heavy (non-hydrogen) atoms. The Labute approximate surface area is 141 Å². The van der Waals surface area contributed by atoms with E-state index in [-0.39, 0.29) is 27.1 Å². The Balaban J connectivity index is 2.15. The molecular formula is C14H11N3O7S. The van der Waals surface area contributed by atoms with Crippen LogP contribution in [0.2, 0.25) is 0 Å². The number of hydrogen-bond acceptors (Lipinski definition) is 7. The number of ether oxygens (including phenoxy) is 1. The third kappa shape index (κ3) is 2.63. The molecule has 1 heterocycles. The minimum Gasteiger partial charge on any atom is -0.490 e. The Morgan fingerprint density at radius 3 is 2.52 bits per heavy atom. The average molecular weight is 365 g/mol. The van der Waals surface area contributed by atoms with E-state index >= 15 is 0 Å². The van der Waals surface area contributed by atoms with Crippen molar-refractivity contribution in [1.82, 2.24) is 9.62 Å². The molecule has 3 rings (SSSR count). The van der Waals surface area contributed by atoms with Crippen molar-refractivity contribution in [3.63, 3.8) is 0 Å². The van der Waals surface area contributed by atoms with E-state index in [1.807, 2.05) is 5.32 Å². The Bertz CT molecular complexity index is 1030. The molecule has 11 heteroatoms. The fourth-order valence-corrected chi connectivity index (χ4v) is 3.85. The fourth-order valence-electron chi connectivity index (χ4n) is 2.53. The molecule has 1 fully saturated rings. The molecule has 0 aliphatic carbocycles. The molecule has 0 spiro atoms. The zero-order chi connectivity index (χ0) is 18.4. The quantitative estimate of drug-likeness (QED) is 0.485. The Morgan fingerprint density at radius 1 is 1.24 bits per heavy atom. The first-order valence-corrected chi connectivity index (χ1v) is 8.31. The van der Waals surface area contributed by atoms with Gasteiger partial charge in [0.15, 0.2) is 5.75 Å². The maximum atomic E-state index is 12.5. The second-order valence-electron chi connectivity index (χ2n) is 5.12. The van der Waals surface area contributed by atoms with E-state index in [9.17, 15) is 28.1 Å². The number of nitrogens with one attached hydrogen (secondary N) is 1. The van der Waals surface area contributed by atoms with Crippen LogP contribution in [0.15, 0.2) is 35.2 Å². The second-order valence-corrected chi connectivity index (χ2v) is 6.98. The van der Waals surface area contributed by atoms with Crippen molar-refractivity contribution in [1.29, 1.82) is 0 Å². The van der Waals surface area contributed by atoms with Crippen molar-refractivity contribution in [3.05, 3.63) is 40.4 Å². The molecule has 2 aromatic carbocycles. The summed E-state index contributed by atoms with van der Waals surface area (Å²) < 4.78 is 30.4. The lowest BCUT2D eigenvalue weighted by molar-refractivity contribution is -0.383. The zero-order valence-corrected chi connectivity index (χ0v) is 13.6. The molecule has 130 valence electrons. The molecular weight excluding hydrogens is 354 g/mol. The highest BCUT2D eigenvalue weighted by atomic mass is 32.2. The van der Waals surface area contributed by atoms with E-state index in [1.54, 1.807) is 0 Å². The van der Waals surface area contributed by atoms with Gasteiger partial charge in [-0.05, 0) is 29.7 Å². The molecule has 1 aliphatic rings. The van der Waals surface area contributed by atoms with Crippen molar-refractivity contribution in [3.8, 4) is 5.75 Å². The lowest BCUT2D eigenvalue weighted by Gasteiger charge is -2.14. The molecule has 0 radical (unpaired) electrons. The van der Waals surface area contributed by atoms with Gasteiger partial charge in [-0.25, -0.2) is 17.5 Å². The van der Waals surface area contributed by atoms with E-state index in [0.717, 1.165) is 6.07 Å². The standard InChI is InChI=1S/C14H11N3O7S/c1-24-11-5-2-8-6-9(3-4-10(8)13(11)17(20)21)25(22,23)16-7-12(18)15-14(16)19/h2-6H,7H2,1H3,(H,15,18,19). The Kier molecular flexibility index (Phi) is 3.80. The topological polar surface area (TPSA) is 136 Å². The van der Waals surface area contributed by atoms with E-state index in [2.05, 4.69) is 0 Å². The lowest BCUT2D eigenvalue weighted by atomic mass is 10.1. The predicted molar refractivity (Wildman–Crippen MR) is 84.6 cm³/mol. The molecule has 2 aromatic rings. The smallest absolute Gasteiger partial charge is 0.338 e. The van der Waals surface area contributed by atoms with E-state index in [1.165, 1.54) is 31.4 Å². The maximum absolute atomic E-state index is 12.5. The second kappa shape index (κ2) is 5.70. The largest absolute Gasteiger partial charge is 0.490 e. The van der Waals surface area contributed by atoms with Crippen molar-refractivity contribution < 1.29 is 27.7 Å². The van der Waals surface area contributed by atoms with Crippen LogP contribution in [0.25, 0.3) is 10.8 Å². The molecule has 1 aliphatic heterocycles. The third-order valence-electron chi connectivity index (χ3n) is 3.68. The summed E-state index contributed by atoms with van der Waals surface area (Å²) in [6.07, 6.45) is 0. The summed E-state index contributed by atoms with van der Waals surface area (Å²) in [6.45, 7) is -0.609. The molecule has 0 bridgehead atoms. The van der Waals surface area contributed by atoms with Gasteiger partial charge in [-0.2, -0.15) is 0 Å². The number of carbonyl (C=O) groups excluding carboxylic acids is 2. The number of nitrogens with zero attached hydrogens (tertiary/aromatic N) is 2. The molecule has 0 unspecified atom stereocenters. The Morgan fingerprint density at radius 2 is 1.96 bits per heavy atom. The van der Waals surface area contributed by atoms with E-state index in [0.29, 0.717) is 4.31 Å². The molecule has 0 atom stereocenters. The van der Waals surface area contributed by atoms with Gasteiger partial charge in [0.2, 0.25) is 5.91 Å². The normalized spacial score (nSPS) is 14.7. The van der Waals surface area contributed by atoms with Gasteiger partial charge in [0.1, 0.15) is 6.54 Å². The number of sulfonamides is 1. The molecule has 3 amide bonds. The monoisotopic (exact) mass is 365 g/mol. The first-order chi connectivity index (χ1) is 11.8. The van der Waals surface area contributed by atoms with Crippen LogP contribution in [0, 0.1) is 10.1 Å². The van der Waals surface area contributed by atoms with Crippen LogP contribution in [0.1, 0.15) is 0 Å². The van der Waals surface area contributed by atoms with Gasteiger partial charge < -0.3 is 4.74 Å². The van der Waals surface area contributed by atoms with Crippen LogP contribution in [-0.4, -0.2) is 43.2 Å². The number of amides is 3. The predicted octanol–water partition coefficient (Wildman–Crippen LogP) is 0.997. The SMILES string of the molecule is COc1ccc2cc(S(=O)(=O)N3CC(=O)NC3=O)ccc2c1[N+](=O)[O-]. The molecule has 0 aromatic heterocycles. The first kappa shape index (κ1) is 16.6. The minimum atomic E-state index is -4.26. The minimum absolute atomic E-state index is 0.0395. The van der Waals surface area contributed by atoms with Gasteiger partial charge in [0.05, 0.1) is 22.3 Å². The number of urea groups is 1. The van der Waals surface area contributed by atoms with Crippen molar-refractivity contribution in [2.75, 3.05) is 13.7 Å². The number of nitro benzene ring substituents is 1. The molecule has 1 saturated heterocycles. The van der Waals surface area contributed by atoms with Crippen molar-refractivity contribution in [2.45, 2.75) is 4.90 Å². The van der Waals surface area contributed by atoms with Crippen molar-refractivity contribution in [2.24, 2.45) is 0 Å². The number of carbonyl (C=O) groups is 2. The first-order valence-electron chi connectivity index (χ1n) is 6.87. The number of imide groups is 1. The number of methoxy groups -OCH3 is 1. The van der Waals surface area contributed by atoms with Crippen LogP contribution in [0.3, 0.4) is 0 Å². The average Bonchev–Trinajstić information content (AvgIpc) is 2.92. The van der Waals surface area contributed by atoms with Crippen molar-refractivity contribution >= 4 is 38.4 Å². The van der Waals surface area contributed by atoms with Crippen LogP contribution < -0.4 is 10.1 Å². The lowest BCUT2D eigenvalue weighted by Crippen LogP contribution is -2.34. The summed E-state index contributed by atoms with van der Waals surface area (Å²) in [7, 11) is -2.97. The summed E-state index contributed by atoms with van der Waals surface area (Å²) in [4.78, 5) is 33.2. The van der Waals surface area contributed by atoms with Gasteiger partial charge in [-0.3, -0.25) is 20.2 Å². The summed E-state index contributed by atoms with van der Waals surface area (Å²) in [5, 5.41) is 13.6. The maximum Gasteiger partial charge on any atom is 0.338 e. The van der Waals surface area contributed by atoms with Crippen LogP contribution >= 0.6 is 0 Å². The van der Waals surface area contributed by atoms with Crippen LogP contribution in [0.4, 0.5) is 10.5 Å². The van der Waals surface area contributed by atoms with E-state index in [4.69, 9.17) is 4.74 Å². The summed E-state index contributed by atoms with van der Waals surface area (Å²) in [5.74, 6) is -0.688. The van der Waals surface area contributed by atoms with Gasteiger partial charge >= 0.3 is 11.7 Å². The fraction of sp³-hybridized carbons (Fsp3) is 0.143. The number of rotatable bonds is 4. The zero-order valence-electron chi connectivity index (χ0n) is 12.8. The number of nitro groups is 1.